The maximum Gasteiger partial charge on any atom is 0.159 e. The molecule has 58 heavy (non-hydrogen) atoms. The number of aliphatic imine (C=N–C) groups is 1. The molecule has 0 spiro atoms. The first-order valence-corrected chi connectivity index (χ1v) is 22.7. The normalized spacial score (nSPS) is 30.5. The van der Waals surface area contributed by atoms with Crippen molar-refractivity contribution in [2.75, 3.05) is 0 Å². The molecule has 4 nitrogen and oxygen atoms in total. The van der Waals surface area contributed by atoms with Crippen LogP contribution in [-0.2, 0) is 0 Å². The topological polar surface area (TPSA) is 51.0 Å². The molecule has 1 aromatic rings. The molecule has 0 aromatic carbocycles. The molecular formula is C54H58N4. The molecule has 8 aliphatic carbocycles. The Balaban J connectivity index is 0.946. The van der Waals surface area contributed by atoms with Gasteiger partial charge >= 0.3 is 0 Å². The van der Waals surface area contributed by atoms with E-state index in [2.05, 4.69) is 122 Å². The highest BCUT2D eigenvalue weighted by molar-refractivity contribution is 6.04. The third-order valence-corrected chi connectivity index (χ3v) is 14.0. The number of nitrogens with zero attached hydrogens (tertiary/aromatic N) is 4. The molecule has 0 saturated carbocycles. The molecule has 4 heteroatoms. The summed E-state index contributed by atoms with van der Waals surface area (Å²) in [6.07, 6.45) is 64.7. The Hall–Kier alpha value is -4.96. The molecule has 6 atom stereocenters. The van der Waals surface area contributed by atoms with Crippen molar-refractivity contribution in [2.24, 2.45) is 22.7 Å². The van der Waals surface area contributed by atoms with Crippen molar-refractivity contribution in [3.63, 3.8) is 0 Å². The lowest BCUT2D eigenvalue weighted by Crippen LogP contribution is -2.30. The molecule has 2 heterocycles. The number of fused-ring (bicyclic) bond motifs is 1. The molecule has 6 unspecified atom stereocenters. The minimum Gasteiger partial charge on any atom is -0.281 e. The van der Waals surface area contributed by atoms with Crippen LogP contribution in [0.5, 0.6) is 0 Å². The quantitative estimate of drug-likeness (QED) is 0.265. The van der Waals surface area contributed by atoms with Crippen LogP contribution in [0.2, 0.25) is 0 Å². The van der Waals surface area contributed by atoms with Gasteiger partial charge in [0.2, 0.25) is 0 Å². The Morgan fingerprint density at radius 3 is 2.09 bits per heavy atom. The van der Waals surface area contributed by atoms with Gasteiger partial charge in [-0.3, -0.25) is 4.99 Å². The first-order valence-electron chi connectivity index (χ1n) is 22.7. The lowest BCUT2D eigenvalue weighted by atomic mass is 9.73. The Labute approximate surface area is 346 Å². The second-order valence-electron chi connectivity index (χ2n) is 17.8. The number of aromatic nitrogens is 3. The molecule has 294 valence electrons. The highest BCUT2D eigenvalue weighted by Crippen LogP contribution is 2.42. The van der Waals surface area contributed by atoms with Crippen molar-refractivity contribution in [1.29, 1.82) is 0 Å². The van der Waals surface area contributed by atoms with Crippen LogP contribution in [0, 0.1) is 17.8 Å². The largest absolute Gasteiger partial charge is 0.281 e. The molecule has 0 bridgehead atoms. The fraction of sp³-hybridized carbons (Fsp3) is 0.407. The van der Waals surface area contributed by atoms with Crippen molar-refractivity contribution in [3.05, 3.63) is 178 Å². The monoisotopic (exact) mass is 762 g/mol. The first kappa shape index (κ1) is 37.3. The highest BCUT2D eigenvalue weighted by atomic mass is 15.0. The van der Waals surface area contributed by atoms with E-state index in [9.17, 15) is 0 Å². The van der Waals surface area contributed by atoms with Crippen molar-refractivity contribution in [1.82, 2.24) is 15.0 Å². The van der Waals surface area contributed by atoms with E-state index in [4.69, 9.17) is 19.9 Å². The molecule has 0 N–H and O–H groups in total. The van der Waals surface area contributed by atoms with Crippen LogP contribution in [0.15, 0.2) is 166 Å². The Morgan fingerprint density at radius 1 is 0.483 bits per heavy atom. The van der Waals surface area contributed by atoms with Gasteiger partial charge in [0, 0.05) is 29.4 Å². The van der Waals surface area contributed by atoms with E-state index in [0.717, 1.165) is 101 Å². The van der Waals surface area contributed by atoms with E-state index in [1.165, 1.54) is 69.6 Å². The zero-order valence-electron chi connectivity index (χ0n) is 34.1. The highest BCUT2D eigenvalue weighted by Gasteiger charge is 2.34. The standard InChI is InChI=1S/C54H58N4/c1-4-12-37(13-5-1)40-20-27-44(28-21-40)52-56-53(45-29-22-41(23-30-45)38-14-6-2-7-15-38)58-54(57-52)46-31-25-43(26-32-46)51-49(34-35-50(55-51)42-17-8-3-9-18-42)48-33-24-39-16-10-11-19-47(39)36-48/h1,4-6,8,11-12,14-15,17-22,25,27,29,33,36-37,39,44,46,49-50H,2-3,7,9-10,13,16,23-24,26,28,30-32,34-35H2. The van der Waals surface area contributed by atoms with Gasteiger partial charge in [0.15, 0.2) is 5.82 Å². The summed E-state index contributed by atoms with van der Waals surface area (Å²) >= 11 is 0. The zero-order chi connectivity index (χ0) is 38.7. The minimum absolute atomic E-state index is 0.156. The van der Waals surface area contributed by atoms with E-state index in [-0.39, 0.29) is 17.9 Å². The van der Waals surface area contributed by atoms with Gasteiger partial charge in [-0.15, -0.1) is 0 Å². The summed E-state index contributed by atoms with van der Waals surface area (Å²) in [5.74, 6) is 4.72. The summed E-state index contributed by atoms with van der Waals surface area (Å²) in [4.78, 5) is 21.6. The van der Waals surface area contributed by atoms with Gasteiger partial charge in [0.25, 0.3) is 0 Å². The van der Waals surface area contributed by atoms with Gasteiger partial charge in [-0.1, -0.05) is 122 Å². The molecule has 10 rings (SSSR count). The Kier molecular flexibility index (Phi) is 11.0. The summed E-state index contributed by atoms with van der Waals surface area (Å²) in [5.41, 5.74) is 12.7. The van der Waals surface area contributed by atoms with Crippen LogP contribution < -0.4 is 0 Å². The van der Waals surface area contributed by atoms with E-state index in [1.807, 2.05) is 0 Å². The van der Waals surface area contributed by atoms with Gasteiger partial charge in [-0.05, 0) is 153 Å². The summed E-state index contributed by atoms with van der Waals surface area (Å²) in [5, 5.41) is 0. The van der Waals surface area contributed by atoms with Gasteiger partial charge in [-0.2, -0.15) is 0 Å². The second kappa shape index (κ2) is 17.1. The van der Waals surface area contributed by atoms with Crippen LogP contribution in [-0.4, -0.2) is 26.7 Å². The molecule has 1 aromatic heterocycles. The predicted molar refractivity (Wildman–Crippen MR) is 240 cm³/mol. The van der Waals surface area contributed by atoms with Crippen LogP contribution >= 0.6 is 0 Å². The fourth-order valence-corrected chi connectivity index (χ4v) is 10.6. The summed E-state index contributed by atoms with van der Waals surface area (Å²) in [6, 6.07) is 0.265. The molecule has 9 aliphatic rings. The zero-order valence-corrected chi connectivity index (χ0v) is 34.1. The third-order valence-electron chi connectivity index (χ3n) is 14.0. The number of allylic oxidation sites excluding steroid dienone is 26. The number of rotatable bonds is 8. The van der Waals surface area contributed by atoms with E-state index >= 15 is 0 Å². The van der Waals surface area contributed by atoms with E-state index in [0.29, 0.717) is 17.8 Å². The van der Waals surface area contributed by atoms with Crippen molar-refractivity contribution < 1.29 is 0 Å². The van der Waals surface area contributed by atoms with Gasteiger partial charge < -0.3 is 0 Å². The molecule has 0 fully saturated rings. The average molecular weight is 763 g/mol. The number of hydrogen-bond donors (Lipinski definition) is 0. The van der Waals surface area contributed by atoms with E-state index < -0.39 is 0 Å². The maximum atomic E-state index is 5.68. The SMILES string of the molecule is C1=CCC(C2=CCC(c3nc(C4=CC=C(C5=CCCC=C5)CC4)nc(C4CC=C(C5=NC(C6=CCCC=C6)CCC5C5=CCC6CCC=CC6=C5)CC4)n3)C=C2)C=C1. The van der Waals surface area contributed by atoms with E-state index in [1.54, 1.807) is 0 Å². The molecular weight excluding hydrogens is 705 g/mol. The van der Waals surface area contributed by atoms with Gasteiger partial charge in [0.1, 0.15) is 11.6 Å². The molecule has 0 saturated heterocycles. The van der Waals surface area contributed by atoms with Gasteiger partial charge in [-0.25, -0.2) is 15.0 Å². The van der Waals surface area contributed by atoms with Gasteiger partial charge in [0.05, 0.1) is 6.04 Å². The smallest absolute Gasteiger partial charge is 0.159 e. The van der Waals surface area contributed by atoms with Crippen LogP contribution in [0.3, 0.4) is 0 Å². The van der Waals surface area contributed by atoms with Crippen molar-refractivity contribution in [2.45, 2.75) is 121 Å². The van der Waals surface area contributed by atoms with Crippen LogP contribution in [0.4, 0.5) is 0 Å². The third kappa shape index (κ3) is 8.05. The lowest BCUT2D eigenvalue weighted by Gasteiger charge is -2.35. The minimum atomic E-state index is 0.156. The number of hydrogen-bond acceptors (Lipinski definition) is 4. The Bertz CT molecular complexity index is 2280. The Morgan fingerprint density at radius 2 is 1.31 bits per heavy atom. The molecule has 0 amide bonds. The predicted octanol–water partition coefficient (Wildman–Crippen LogP) is 13.3. The second-order valence-corrected chi connectivity index (χ2v) is 17.8. The molecule has 0 radical (unpaired) electrons. The molecule has 1 aliphatic heterocycles. The lowest BCUT2D eigenvalue weighted by molar-refractivity contribution is 0.530. The maximum absolute atomic E-state index is 5.68. The van der Waals surface area contributed by atoms with Crippen LogP contribution in [0.25, 0.3) is 5.57 Å². The van der Waals surface area contributed by atoms with Crippen molar-refractivity contribution >= 4 is 11.3 Å². The van der Waals surface area contributed by atoms with Crippen molar-refractivity contribution in [3.8, 4) is 0 Å². The summed E-state index contributed by atoms with van der Waals surface area (Å²) in [7, 11) is 0. The average Bonchev–Trinajstić information content (AvgIpc) is 3.32. The fourth-order valence-electron chi connectivity index (χ4n) is 10.6. The summed E-state index contributed by atoms with van der Waals surface area (Å²) < 4.78 is 0. The van der Waals surface area contributed by atoms with Crippen LogP contribution in [0.1, 0.15) is 132 Å². The summed E-state index contributed by atoms with van der Waals surface area (Å²) in [6.45, 7) is 0. The first-order chi connectivity index (χ1) is 28.7.